The quantitative estimate of drug-likeness (QED) is 0.495. The highest BCUT2D eigenvalue weighted by atomic mass is 35.5. The molecular weight excluding hydrogens is 491 g/mol. The van der Waals surface area contributed by atoms with Gasteiger partial charge in [0.15, 0.2) is 9.84 Å². The lowest BCUT2D eigenvalue weighted by Gasteiger charge is -2.35. The molecule has 0 saturated heterocycles. The van der Waals surface area contributed by atoms with Crippen molar-refractivity contribution in [2.75, 3.05) is 11.6 Å². The van der Waals surface area contributed by atoms with Crippen molar-refractivity contribution in [2.24, 2.45) is 0 Å². The lowest BCUT2D eigenvalue weighted by atomic mass is 9.89. The number of nitrogens with zero attached hydrogens (tertiary/aromatic N) is 1. The van der Waals surface area contributed by atoms with Crippen molar-refractivity contribution in [3.05, 3.63) is 94.9 Å². The molecule has 4 rings (SSSR count). The summed E-state index contributed by atoms with van der Waals surface area (Å²) in [6.07, 6.45) is 8.87. The smallest absolute Gasteiger partial charge is 0.257 e. The van der Waals surface area contributed by atoms with Gasteiger partial charge in [-0.1, -0.05) is 35.9 Å². The van der Waals surface area contributed by atoms with Gasteiger partial charge in [0.2, 0.25) is 0 Å². The molecule has 1 aliphatic rings. The van der Waals surface area contributed by atoms with Crippen molar-refractivity contribution >= 4 is 33.0 Å². The van der Waals surface area contributed by atoms with Crippen LogP contribution in [0.15, 0.2) is 77.9 Å². The number of rotatable bonds is 5. The molecule has 3 aromatic rings. The van der Waals surface area contributed by atoms with E-state index in [2.05, 4.69) is 5.32 Å². The molecule has 1 aromatic heterocycles. The second-order valence-corrected chi connectivity index (χ2v) is 11.1. The zero-order valence-electron chi connectivity index (χ0n) is 19.3. The van der Waals surface area contributed by atoms with Crippen molar-refractivity contribution in [3.8, 4) is 11.3 Å². The van der Waals surface area contributed by atoms with Crippen LogP contribution in [0.4, 0.5) is 10.1 Å². The maximum Gasteiger partial charge on any atom is 0.257 e. The molecule has 0 bridgehead atoms. The first-order valence-electron chi connectivity index (χ1n) is 10.8. The molecule has 0 unspecified atom stereocenters. The number of hydrogen-bond acceptors (Lipinski definition) is 4. The number of anilines is 1. The SMILES string of the molecule is Cc1c(C(=O)Nc2ccc(S(C)(=O)=O)cc2)cn([C@]2(C)C=CC=C[C@@H]2O)c1-c1ccc(F)cc1Cl. The summed E-state index contributed by atoms with van der Waals surface area (Å²) in [6, 6.07) is 9.89. The molecule has 1 aliphatic carbocycles. The van der Waals surface area contributed by atoms with Gasteiger partial charge in [-0.05, 0) is 61.9 Å². The highest BCUT2D eigenvalue weighted by Gasteiger charge is 2.36. The predicted octanol–water partition coefficient (Wildman–Crippen LogP) is 5.11. The van der Waals surface area contributed by atoms with E-state index in [1.165, 1.54) is 36.4 Å². The number of aliphatic hydroxyl groups is 1. The van der Waals surface area contributed by atoms with Gasteiger partial charge in [-0.25, -0.2) is 12.8 Å². The highest BCUT2D eigenvalue weighted by molar-refractivity contribution is 7.90. The number of allylic oxidation sites excluding steroid dienone is 2. The minimum Gasteiger partial charge on any atom is -0.386 e. The Morgan fingerprint density at radius 3 is 2.46 bits per heavy atom. The molecule has 1 heterocycles. The topological polar surface area (TPSA) is 88.4 Å². The molecule has 1 amide bonds. The lowest BCUT2D eigenvalue weighted by molar-refractivity contribution is 0.102. The van der Waals surface area contributed by atoms with Crippen LogP contribution >= 0.6 is 11.6 Å². The zero-order valence-corrected chi connectivity index (χ0v) is 20.9. The summed E-state index contributed by atoms with van der Waals surface area (Å²) in [5.41, 5.74) is 1.46. The van der Waals surface area contributed by atoms with E-state index >= 15 is 0 Å². The first-order valence-corrected chi connectivity index (χ1v) is 13.0. The van der Waals surface area contributed by atoms with Crippen LogP contribution in [0, 0.1) is 12.7 Å². The number of amides is 1. The predicted molar refractivity (Wildman–Crippen MR) is 135 cm³/mol. The maximum absolute atomic E-state index is 13.8. The minimum absolute atomic E-state index is 0.144. The van der Waals surface area contributed by atoms with Crippen molar-refractivity contribution in [1.29, 1.82) is 0 Å². The number of aromatic nitrogens is 1. The Labute approximate surface area is 208 Å². The van der Waals surface area contributed by atoms with Crippen LogP contribution in [-0.4, -0.2) is 36.4 Å². The normalized spacial score (nSPS) is 19.7. The molecule has 2 N–H and O–H groups in total. The summed E-state index contributed by atoms with van der Waals surface area (Å²) >= 11 is 6.40. The van der Waals surface area contributed by atoms with Gasteiger partial charge < -0.3 is 15.0 Å². The first kappa shape index (κ1) is 24.9. The van der Waals surface area contributed by atoms with Crippen LogP contribution in [0.2, 0.25) is 5.02 Å². The van der Waals surface area contributed by atoms with E-state index in [1.54, 1.807) is 42.0 Å². The summed E-state index contributed by atoms with van der Waals surface area (Å²) in [5, 5.41) is 13.8. The van der Waals surface area contributed by atoms with E-state index in [-0.39, 0.29) is 9.92 Å². The first-order chi connectivity index (χ1) is 16.4. The molecule has 0 saturated carbocycles. The molecule has 35 heavy (non-hydrogen) atoms. The van der Waals surface area contributed by atoms with Gasteiger partial charge in [0.05, 0.1) is 32.8 Å². The standard InChI is InChI=1S/C26H24ClFN2O4S/c1-16-21(25(32)29-18-8-10-19(11-9-18)35(3,33)34)15-30(26(2)13-5-4-6-23(26)31)24(16)20-12-7-17(28)14-22(20)27/h4-15,23,31H,1-3H3,(H,29,32)/t23-,26+/m0/s1. The fraction of sp³-hybridized carbons (Fsp3) is 0.192. The summed E-state index contributed by atoms with van der Waals surface area (Å²) < 4.78 is 39.0. The largest absolute Gasteiger partial charge is 0.386 e. The number of carbonyl (C=O) groups excluding carboxylic acids is 1. The number of nitrogens with one attached hydrogen (secondary N) is 1. The number of benzene rings is 2. The average Bonchev–Trinajstić information content (AvgIpc) is 3.13. The second kappa shape index (κ2) is 9.11. The van der Waals surface area contributed by atoms with Gasteiger partial charge >= 0.3 is 0 Å². The molecule has 0 spiro atoms. The van der Waals surface area contributed by atoms with Crippen molar-refractivity contribution in [2.45, 2.75) is 30.4 Å². The summed E-state index contributed by atoms with van der Waals surface area (Å²) in [6.45, 7) is 3.58. The van der Waals surface area contributed by atoms with Gasteiger partial charge in [0.25, 0.3) is 5.91 Å². The van der Waals surface area contributed by atoms with Crippen LogP contribution in [0.25, 0.3) is 11.3 Å². The molecule has 0 radical (unpaired) electrons. The summed E-state index contributed by atoms with van der Waals surface area (Å²) in [7, 11) is -3.36. The third-order valence-electron chi connectivity index (χ3n) is 6.19. The second-order valence-electron chi connectivity index (χ2n) is 8.68. The van der Waals surface area contributed by atoms with E-state index in [9.17, 15) is 22.7 Å². The molecular formula is C26H24ClFN2O4S. The Morgan fingerprint density at radius 1 is 1.17 bits per heavy atom. The molecule has 2 aromatic carbocycles. The Hall–Kier alpha value is -3.20. The third-order valence-corrected chi connectivity index (χ3v) is 7.63. The molecule has 0 aliphatic heterocycles. The van der Waals surface area contributed by atoms with E-state index in [4.69, 9.17) is 11.6 Å². The van der Waals surface area contributed by atoms with E-state index in [0.717, 1.165) is 6.26 Å². The Balaban J connectivity index is 1.81. The van der Waals surface area contributed by atoms with Crippen LogP contribution in [0.5, 0.6) is 0 Å². The molecule has 9 heteroatoms. The Kier molecular flexibility index (Phi) is 6.48. The number of halogens is 2. The zero-order chi connectivity index (χ0) is 25.5. The average molecular weight is 515 g/mol. The fourth-order valence-electron chi connectivity index (χ4n) is 4.14. The van der Waals surface area contributed by atoms with E-state index < -0.39 is 33.2 Å². The molecule has 0 fully saturated rings. The molecule has 6 nitrogen and oxygen atoms in total. The van der Waals surface area contributed by atoms with Gasteiger partial charge in [-0.2, -0.15) is 0 Å². The van der Waals surface area contributed by atoms with Crippen molar-refractivity contribution in [1.82, 2.24) is 4.57 Å². The Bertz CT molecular complexity index is 1480. The van der Waals surface area contributed by atoms with Gasteiger partial charge in [0, 0.05) is 23.7 Å². The molecule has 2 atom stereocenters. The number of aliphatic hydroxyl groups excluding tert-OH is 1. The third kappa shape index (κ3) is 4.69. The number of sulfone groups is 1. The van der Waals surface area contributed by atoms with E-state index in [0.29, 0.717) is 28.1 Å². The number of carbonyl (C=O) groups is 1. The van der Waals surface area contributed by atoms with Crippen molar-refractivity contribution in [3.63, 3.8) is 0 Å². The van der Waals surface area contributed by atoms with Crippen LogP contribution < -0.4 is 5.32 Å². The number of hydrogen-bond donors (Lipinski definition) is 2. The van der Waals surface area contributed by atoms with Crippen LogP contribution in [0.1, 0.15) is 22.8 Å². The monoisotopic (exact) mass is 514 g/mol. The Morgan fingerprint density at radius 2 is 1.86 bits per heavy atom. The van der Waals surface area contributed by atoms with Crippen LogP contribution in [-0.2, 0) is 15.4 Å². The van der Waals surface area contributed by atoms with Crippen molar-refractivity contribution < 1.29 is 22.7 Å². The van der Waals surface area contributed by atoms with E-state index in [1.807, 2.05) is 13.0 Å². The highest BCUT2D eigenvalue weighted by Crippen LogP contribution is 2.40. The van der Waals surface area contributed by atoms with Gasteiger partial charge in [-0.3, -0.25) is 4.79 Å². The summed E-state index contributed by atoms with van der Waals surface area (Å²) in [4.78, 5) is 13.4. The van der Waals surface area contributed by atoms with Gasteiger partial charge in [0.1, 0.15) is 5.82 Å². The summed E-state index contributed by atoms with van der Waals surface area (Å²) in [5.74, 6) is -0.919. The lowest BCUT2D eigenvalue weighted by Crippen LogP contribution is -2.40. The maximum atomic E-state index is 13.8. The minimum atomic E-state index is -3.36. The van der Waals surface area contributed by atoms with Gasteiger partial charge in [-0.15, -0.1) is 0 Å². The fourth-order valence-corrected chi connectivity index (χ4v) is 5.03. The van der Waals surface area contributed by atoms with Crippen LogP contribution in [0.3, 0.4) is 0 Å². The molecule has 182 valence electrons.